The highest BCUT2D eigenvalue weighted by atomic mass is 15.0. The van der Waals surface area contributed by atoms with Crippen molar-refractivity contribution in [2.75, 3.05) is 0 Å². The third kappa shape index (κ3) is 2.24. The molecule has 3 aromatic heterocycles. The molecule has 29 heavy (non-hydrogen) atoms. The fourth-order valence-corrected chi connectivity index (χ4v) is 4.53. The molecule has 0 aliphatic heterocycles. The van der Waals surface area contributed by atoms with Gasteiger partial charge in [-0.15, -0.1) is 0 Å². The van der Waals surface area contributed by atoms with Crippen molar-refractivity contribution in [3.63, 3.8) is 0 Å². The number of para-hydroxylation sites is 1. The molecule has 0 spiro atoms. The average Bonchev–Trinajstić information content (AvgIpc) is 3.14. The molecule has 0 aliphatic rings. The van der Waals surface area contributed by atoms with Crippen LogP contribution in [0, 0.1) is 13.8 Å². The van der Waals surface area contributed by atoms with E-state index in [1.54, 1.807) is 0 Å². The van der Waals surface area contributed by atoms with E-state index in [1.807, 2.05) is 18.5 Å². The lowest BCUT2D eigenvalue weighted by atomic mass is 9.93. The van der Waals surface area contributed by atoms with Gasteiger partial charge in [-0.2, -0.15) is 0 Å². The van der Waals surface area contributed by atoms with Crippen LogP contribution >= 0.6 is 0 Å². The maximum absolute atomic E-state index is 4.96. The largest absolute Gasteiger partial charge is 0.292 e. The van der Waals surface area contributed by atoms with E-state index >= 15 is 0 Å². The number of imidazole rings is 1. The lowest BCUT2D eigenvalue weighted by Gasteiger charge is -2.14. The summed E-state index contributed by atoms with van der Waals surface area (Å²) < 4.78 is 2.27. The van der Waals surface area contributed by atoms with Gasteiger partial charge < -0.3 is 0 Å². The second kappa shape index (κ2) is 5.89. The van der Waals surface area contributed by atoms with Gasteiger partial charge in [-0.05, 0) is 65.8 Å². The van der Waals surface area contributed by atoms with Gasteiger partial charge in [-0.3, -0.25) is 9.38 Å². The summed E-state index contributed by atoms with van der Waals surface area (Å²) in [6.45, 7) is 4.37. The van der Waals surface area contributed by atoms with E-state index in [2.05, 4.69) is 83.9 Å². The van der Waals surface area contributed by atoms with Gasteiger partial charge in [-0.1, -0.05) is 42.5 Å². The lowest BCUT2D eigenvalue weighted by molar-refractivity contribution is 1.30. The zero-order valence-corrected chi connectivity index (χ0v) is 16.3. The van der Waals surface area contributed by atoms with Gasteiger partial charge in [0, 0.05) is 17.0 Å². The molecule has 0 bridgehead atoms. The van der Waals surface area contributed by atoms with Crippen molar-refractivity contribution in [1.82, 2.24) is 14.4 Å². The molecule has 3 aromatic carbocycles. The summed E-state index contributed by atoms with van der Waals surface area (Å²) in [5.41, 5.74) is 9.28. The molecule has 0 saturated heterocycles. The second-order valence-electron chi connectivity index (χ2n) is 7.68. The van der Waals surface area contributed by atoms with E-state index in [9.17, 15) is 0 Å². The number of aryl methyl sites for hydroxylation is 2. The molecule has 3 heteroatoms. The van der Waals surface area contributed by atoms with Crippen LogP contribution in [-0.2, 0) is 0 Å². The van der Waals surface area contributed by atoms with Crippen molar-refractivity contribution < 1.29 is 0 Å². The Morgan fingerprint density at radius 2 is 1.52 bits per heavy atom. The fourth-order valence-electron chi connectivity index (χ4n) is 4.53. The van der Waals surface area contributed by atoms with Crippen LogP contribution < -0.4 is 0 Å². The third-order valence-electron chi connectivity index (χ3n) is 5.93. The SMILES string of the molecule is Cc1ccccc1-c1cc2c3ccccc3n3c4ccncc4nc3c2cc1C. The summed E-state index contributed by atoms with van der Waals surface area (Å²) in [5.74, 6) is 0. The van der Waals surface area contributed by atoms with Gasteiger partial charge in [0.15, 0.2) is 0 Å². The zero-order chi connectivity index (χ0) is 19.5. The molecular weight excluding hydrogens is 354 g/mol. The first-order chi connectivity index (χ1) is 14.2. The highest BCUT2D eigenvalue weighted by Crippen LogP contribution is 2.37. The van der Waals surface area contributed by atoms with Crippen LogP contribution in [0.15, 0.2) is 79.1 Å². The molecule has 0 saturated carbocycles. The van der Waals surface area contributed by atoms with Gasteiger partial charge in [0.2, 0.25) is 0 Å². The molecule has 0 aliphatic carbocycles. The smallest absolute Gasteiger partial charge is 0.146 e. The standard InChI is InChI=1S/C26H19N3/c1-16-7-3-4-8-18(16)20-14-21-19-9-5-6-10-24(19)29-25-11-12-27-15-23(25)28-26(29)22(21)13-17(20)2/h3-15H,1-2H3. The van der Waals surface area contributed by atoms with E-state index in [1.165, 1.54) is 43.9 Å². The van der Waals surface area contributed by atoms with Crippen LogP contribution in [0.3, 0.4) is 0 Å². The van der Waals surface area contributed by atoms with Gasteiger partial charge >= 0.3 is 0 Å². The van der Waals surface area contributed by atoms with Gasteiger partial charge in [0.25, 0.3) is 0 Å². The minimum Gasteiger partial charge on any atom is -0.292 e. The Balaban J connectivity index is 1.85. The van der Waals surface area contributed by atoms with E-state index in [-0.39, 0.29) is 0 Å². The molecule has 0 amide bonds. The Bertz CT molecular complexity index is 1570. The normalized spacial score (nSPS) is 11.8. The first kappa shape index (κ1) is 16.3. The number of benzene rings is 3. The van der Waals surface area contributed by atoms with Crippen LogP contribution in [-0.4, -0.2) is 14.4 Å². The topological polar surface area (TPSA) is 30.2 Å². The van der Waals surface area contributed by atoms with Crippen molar-refractivity contribution in [3.05, 3.63) is 90.3 Å². The van der Waals surface area contributed by atoms with Crippen LogP contribution in [0.1, 0.15) is 11.1 Å². The minimum absolute atomic E-state index is 0.922. The molecule has 0 radical (unpaired) electrons. The van der Waals surface area contributed by atoms with E-state index in [0.29, 0.717) is 0 Å². The van der Waals surface area contributed by atoms with Crippen molar-refractivity contribution in [2.45, 2.75) is 13.8 Å². The lowest BCUT2D eigenvalue weighted by Crippen LogP contribution is -1.94. The van der Waals surface area contributed by atoms with Crippen molar-refractivity contribution in [3.8, 4) is 11.1 Å². The molecule has 6 rings (SSSR count). The average molecular weight is 373 g/mol. The Morgan fingerprint density at radius 3 is 2.41 bits per heavy atom. The van der Waals surface area contributed by atoms with E-state index in [4.69, 9.17) is 4.98 Å². The van der Waals surface area contributed by atoms with Crippen molar-refractivity contribution >= 4 is 38.4 Å². The van der Waals surface area contributed by atoms with Gasteiger partial charge in [0.05, 0.1) is 17.2 Å². The molecule has 6 aromatic rings. The maximum atomic E-state index is 4.96. The number of aromatic nitrogens is 3. The van der Waals surface area contributed by atoms with Crippen LogP contribution in [0.5, 0.6) is 0 Å². The maximum Gasteiger partial charge on any atom is 0.146 e. The quantitative estimate of drug-likeness (QED) is 0.309. The highest BCUT2D eigenvalue weighted by molar-refractivity contribution is 6.15. The first-order valence-electron chi connectivity index (χ1n) is 9.85. The first-order valence-corrected chi connectivity index (χ1v) is 9.85. The summed E-state index contributed by atoms with van der Waals surface area (Å²) >= 11 is 0. The molecule has 0 atom stereocenters. The Hall–Kier alpha value is -3.72. The number of fused-ring (bicyclic) bond motifs is 8. The van der Waals surface area contributed by atoms with Crippen LogP contribution in [0.25, 0.3) is 49.5 Å². The summed E-state index contributed by atoms with van der Waals surface area (Å²) in [7, 11) is 0. The summed E-state index contributed by atoms with van der Waals surface area (Å²) in [4.78, 5) is 9.23. The zero-order valence-electron chi connectivity index (χ0n) is 16.3. The Labute approximate surface area is 168 Å². The monoisotopic (exact) mass is 373 g/mol. The summed E-state index contributed by atoms with van der Waals surface area (Å²) in [5, 5.41) is 3.65. The van der Waals surface area contributed by atoms with Crippen LogP contribution in [0.2, 0.25) is 0 Å². The molecular formula is C26H19N3. The molecule has 3 heterocycles. The van der Waals surface area contributed by atoms with Gasteiger partial charge in [-0.25, -0.2) is 4.98 Å². The van der Waals surface area contributed by atoms with Crippen molar-refractivity contribution in [2.24, 2.45) is 0 Å². The van der Waals surface area contributed by atoms with Crippen LogP contribution in [0.4, 0.5) is 0 Å². The highest BCUT2D eigenvalue weighted by Gasteiger charge is 2.16. The van der Waals surface area contributed by atoms with E-state index < -0.39 is 0 Å². The molecule has 138 valence electrons. The number of nitrogens with zero attached hydrogens (tertiary/aromatic N) is 3. The fraction of sp³-hybridized carbons (Fsp3) is 0.0769. The number of rotatable bonds is 1. The number of hydrogen-bond donors (Lipinski definition) is 0. The molecule has 0 unspecified atom stereocenters. The van der Waals surface area contributed by atoms with Crippen molar-refractivity contribution in [1.29, 1.82) is 0 Å². The number of hydrogen-bond acceptors (Lipinski definition) is 2. The minimum atomic E-state index is 0.922. The Morgan fingerprint density at radius 1 is 0.690 bits per heavy atom. The summed E-state index contributed by atoms with van der Waals surface area (Å²) in [6, 6.07) is 23.9. The predicted molar refractivity (Wildman–Crippen MR) is 120 cm³/mol. The third-order valence-corrected chi connectivity index (χ3v) is 5.93. The molecule has 0 N–H and O–H groups in total. The predicted octanol–water partition coefficient (Wildman–Crippen LogP) is 6.47. The molecule has 3 nitrogen and oxygen atoms in total. The molecule has 0 fully saturated rings. The Kier molecular flexibility index (Phi) is 3.30. The summed E-state index contributed by atoms with van der Waals surface area (Å²) in [6.07, 6.45) is 3.68. The second-order valence-corrected chi connectivity index (χ2v) is 7.68. The van der Waals surface area contributed by atoms with E-state index in [0.717, 1.165) is 16.7 Å². The van der Waals surface area contributed by atoms with Gasteiger partial charge in [0.1, 0.15) is 11.2 Å². The number of pyridine rings is 2.